The molecule has 0 aliphatic rings. The van der Waals surface area contributed by atoms with E-state index in [4.69, 9.17) is 33.0 Å². The second-order valence-corrected chi connectivity index (χ2v) is 7.80. The molecule has 162 valence electrons. The van der Waals surface area contributed by atoms with Crippen LogP contribution < -0.4 is 5.32 Å². The molecule has 1 atom stereocenters. The standard InChI is InChI=1S/C17H19Cl2N5O5S/c1-2-3-7-29-17(28)20-12(8-14(26)27)13(25)9-24-22-16(21-23-24)30-15-10(18)5-4-6-11(15)19/h4-6,12H,2-3,7-9H2,1H3,(H,20,28)(H,26,27). The van der Waals surface area contributed by atoms with Crippen molar-refractivity contribution in [1.29, 1.82) is 0 Å². The molecule has 0 bridgehead atoms. The van der Waals surface area contributed by atoms with Crippen molar-refractivity contribution in [3.63, 3.8) is 0 Å². The minimum absolute atomic E-state index is 0.173. The first-order valence-corrected chi connectivity index (χ1v) is 10.4. The molecule has 2 aromatic rings. The van der Waals surface area contributed by atoms with Gasteiger partial charge in [-0.1, -0.05) is 42.6 Å². The number of halogens is 2. The summed E-state index contributed by atoms with van der Waals surface area (Å²) in [5.41, 5.74) is 0. The van der Waals surface area contributed by atoms with Crippen LogP contribution in [0, 0.1) is 0 Å². The summed E-state index contributed by atoms with van der Waals surface area (Å²) in [4.78, 5) is 36.8. The third kappa shape index (κ3) is 7.47. The van der Waals surface area contributed by atoms with Crippen LogP contribution in [0.5, 0.6) is 0 Å². The van der Waals surface area contributed by atoms with E-state index in [1.165, 1.54) is 0 Å². The van der Waals surface area contributed by atoms with E-state index in [9.17, 15) is 14.4 Å². The number of carbonyl (C=O) groups is 3. The number of carbonyl (C=O) groups excluding carboxylic acids is 2. The van der Waals surface area contributed by atoms with Gasteiger partial charge in [-0.2, -0.15) is 4.80 Å². The van der Waals surface area contributed by atoms with E-state index < -0.39 is 36.9 Å². The Balaban J connectivity index is 2.01. The molecule has 0 spiro atoms. The van der Waals surface area contributed by atoms with Crippen LogP contribution in [0.1, 0.15) is 26.2 Å². The molecule has 0 radical (unpaired) electrons. The molecular weight excluding hydrogens is 457 g/mol. The molecule has 1 unspecified atom stereocenters. The van der Waals surface area contributed by atoms with Gasteiger partial charge in [0.1, 0.15) is 12.6 Å². The van der Waals surface area contributed by atoms with Gasteiger partial charge >= 0.3 is 12.1 Å². The van der Waals surface area contributed by atoms with Gasteiger partial charge in [0.15, 0.2) is 5.78 Å². The summed E-state index contributed by atoms with van der Waals surface area (Å²) < 4.78 is 4.91. The maximum absolute atomic E-state index is 12.5. The molecule has 0 aliphatic carbocycles. The largest absolute Gasteiger partial charge is 0.481 e. The molecule has 0 fully saturated rings. The number of carboxylic acid groups (broad SMARTS) is 1. The van der Waals surface area contributed by atoms with Gasteiger partial charge in [-0.25, -0.2) is 4.79 Å². The van der Waals surface area contributed by atoms with Crippen LogP contribution in [0.2, 0.25) is 10.0 Å². The topological polar surface area (TPSA) is 136 Å². The average molecular weight is 476 g/mol. The molecule has 30 heavy (non-hydrogen) atoms. The number of hydrogen-bond acceptors (Lipinski definition) is 8. The predicted octanol–water partition coefficient (Wildman–Crippen LogP) is 3.07. The number of tetrazole rings is 1. The van der Waals surface area contributed by atoms with E-state index in [0.717, 1.165) is 23.0 Å². The molecule has 1 heterocycles. The second kappa shape index (κ2) is 11.7. The smallest absolute Gasteiger partial charge is 0.407 e. The Morgan fingerprint density at radius 3 is 2.63 bits per heavy atom. The number of benzene rings is 1. The summed E-state index contributed by atoms with van der Waals surface area (Å²) in [6.45, 7) is 1.71. The lowest BCUT2D eigenvalue weighted by Gasteiger charge is -2.15. The minimum atomic E-state index is -1.29. The molecule has 2 N–H and O–H groups in total. The lowest BCUT2D eigenvalue weighted by atomic mass is 10.1. The molecule has 0 saturated carbocycles. The number of unbranched alkanes of at least 4 members (excludes halogenated alkanes) is 1. The number of alkyl carbamates (subject to hydrolysis) is 1. The Labute approximate surface area is 186 Å². The van der Waals surface area contributed by atoms with Gasteiger partial charge < -0.3 is 15.2 Å². The fourth-order valence-electron chi connectivity index (χ4n) is 2.17. The van der Waals surface area contributed by atoms with Crippen molar-refractivity contribution in [1.82, 2.24) is 25.5 Å². The van der Waals surface area contributed by atoms with Crippen molar-refractivity contribution in [2.75, 3.05) is 6.61 Å². The van der Waals surface area contributed by atoms with Crippen LogP contribution in [0.3, 0.4) is 0 Å². The first-order chi connectivity index (χ1) is 14.3. The van der Waals surface area contributed by atoms with E-state index in [1.54, 1.807) is 18.2 Å². The first-order valence-electron chi connectivity index (χ1n) is 8.87. The summed E-state index contributed by atoms with van der Waals surface area (Å²) in [7, 11) is 0. The van der Waals surface area contributed by atoms with E-state index in [2.05, 4.69) is 20.7 Å². The molecule has 0 aliphatic heterocycles. The van der Waals surface area contributed by atoms with Gasteiger partial charge in [-0.05, 0) is 35.5 Å². The summed E-state index contributed by atoms with van der Waals surface area (Å²) in [6.07, 6.45) is 0.0126. The molecule has 1 aromatic heterocycles. The quantitative estimate of drug-likeness (QED) is 0.469. The van der Waals surface area contributed by atoms with Gasteiger partial charge in [0.2, 0.25) is 5.16 Å². The Morgan fingerprint density at radius 2 is 2.00 bits per heavy atom. The van der Waals surface area contributed by atoms with Crippen molar-refractivity contribution < 1.29 is 24.2 Å². The number of amides is 1. The first kappa shape index (κ1) is 23.9. The highest BCUT2D eigenvalue weighted by Gasteiger charge is 2.25. The van der Waals surface area contributed by atoms with Crippen LogP contribution in [0.15, 0.2) is 28.3 Å². The molecule has 0 saturated heterocycles. The van der Waals surface area contributed by atoms with Crippen LogP contribution >= 0.6 is 35.0 Å². The van der Waals surface area contributed by atoms with Crippen molar-refractivity contribution >= 4 is 52.8 Å². The third-order valence-electron chi connectivity index (χ3n) is 3.63. The highest BCUT2D eigenvalue weighted by atomic mass is 35.5. The number of carboxylic acids is 1. The summed E-state index contributed by atoms with van der Waals surface area (Å²) in [6, 6.07) is 3.72. The molecule has 1 amide bonds. The van der Waals surface area contributed by atoms with Gasteiger partial charge in [0.25, 0.3) is 0 Å². The third-order valence-corrected chi connectivity index (χ3v) is 5.48. The highest BCUT2D eigenvalue weighted by Crippen LogP contribution is 2.36. The monoisotopic (exact) mass is 475 g/mol. The predicted molar refractivity (Wildman–Crippen MR) is 109 cm³/mol. The fourth-order valence-corrected chi connectivity index (χ4v) is 3.53. The SMILES string of the molecule is CCCCOC(=O)NC(CC(=O)O)C(=O)Cn1nnc(Sc2c(Cl)cccc2Cl)n1. The fraction of sp³-hybridized carbons (Fsp3) is 0.412. The number of ether oxygens (including phenoxy) is 1. The Bertz CT molecular complexity index is 890. The summed E-state index contributed by atoms with van der Waals surface area (Å²) in [5, 5.41) is 24.0. The van der Waals surface area contributed by atoms with Crippen molar-refractivity contribution in [2.45, 2.75) is 48.8 Å². The number of ketones is 1. The lowest BCUT2D eigenvalue weighted by Crippen LogP contribution is -2.44. The maximum atomic E-state index is 12.5. The normalized spacial score (nSPS) is 11.7. The Kier molecular flexibility index (Phi) is 9.34. The molecular formula is C17H19Cl2N5O5S. The van der Waals surface area contributed by atoms with Crippen molar-refractivity contribution in [3.05, 3.63) is 28.2 Å². The molecule has 13 heteroatoms. The van der Waals surface area contributed by atoms with Crippen LogP contribution in [0.4, 0.5) is 4.79 Å². The Morgan fingerprint density at radius 1 is 1.30 bits per heavy atom. The second-order valence-electron chi connectivity index (χ2n) is 6.01. The summed E-state index contributed by atoms with van der Waals surface area (Å²) >= 11 is 13.3. The van der Waals surface area contributed by atoms with E-state index >= 15 is 0 Å². The van der Waals surface area contributed by atoms with Gasteiger partial charge in [0, 0.05) is 0 Å². The van der Waals surface area contributed by atoms with Gasteiger partial charge in [-0.3, -0.25) is 9.59 Å². The Hall–Kier alpha value is -2.37. The number of nitrogens with one attached hydrogen (secondary N) is 1. The lowest BCUT2D eigenvalue weighted by molar-refractivity contribution is -0.139. The zero-order valence-electron chi connectivity index (χ0n) is 15.9. The molecule has 1 aromatic carbocycles. The van der Waals surface area contributed by atoms with E-state index in [0.29, 0.717) is 21.4 Å². The van der Waals surface area contributed by atoms with Crippen LogP contribution in [-0.4, -0.2) is 55.8 Å². The molecule has 10 nitrogen and oxygen atoms in total. The minimum Gasteiger partial charge on any atom is -0.481 e. The van der Waals surface area contributed by atoms with E-state index in [-0.39, 0.29) is 11.8 Å². The van der Waals surface area contributed by atoms with Crippen molar-refractivity contribution in [3.8, 4) is 0 Å². The average Bonchev–Trinajstić information content (AvgIpc) is 3.11. The number of Topliss-reactive ketones (excluding diaryl/α,β-unsaturated/α-hetero) is 1. The number of nitrogens with zero attached hydrogens (tertiary/aromatic N) is 4. The van der Waals surface area contributed by atoms with Crippen molar-refractivity contribution in [2.24, 2.45) is 0 Å². The van der Waals surface area contributed by atoms with Gasteiger partial charge in [-0.15, -0.1) is 10.2 Å². The highest BCUT2D eigenvalue weighted by molar-refractivity contribution is 7.99. The number of rotatable bonds is 11. The van der Waals surface area contributed by atoms with Crippen LogP contribution in [0.25, 0.3) is 0 Å². The van der Waals surface area contributed by atoms with Crippen LogP contribution in [-0.2, 0) is 20.9 Å². The maximum Gasteiger partial charge on any atom is 0.407 e. The molecule has 2 rings (SSSR count). The number of hydrogen-bond donors (Lipinski definition) is 2. The van der Waals surface area contributed by atoms with E-state index in [1.807, 2.05) is 6.92 Å². The zero-order valence-corrected chi connectivity index (χ0v) is 18.2. The number of aromatic nitrogens is 4. The summed E-state index contributed by atoms with van der Waals surface area (Å²) in [5.74, 6) is -1.87. The van der Waals surface area contributed by atoms with Gasteiger partial charge in [0.05, 0.1) is 28.0 Å². The number of aliphatic carboxylic acids is 1. The zero-order chi connectivity index (χ0) is 22.1.